The van der Waals surface area contributed by atoms with Gasteiger partial charge in [-0.15, -0.1) is 12.6 Å². The second-order valence-corrected chi connectivity index (χ2v) is 4.42. The predicted octanol–water partition coefficient (Wildman–Crippen LogP) is 2.39. The lowest BCUT2D eigenvalue weighted by molar-refractivity contribution is 0.0905. The quantitative estimate of drug-likeness (QED) is 0.815. The van der Waals surface area contributed by atoms with Crippen molar-refractivity contribution in [2.45, 2.75) is 17.9 Å². The van der Waals surface area contributed by atoms with Crippen LogP contribution >= 0.6 is 24.2 Å². The van der Waals surface area contributed by atoms with Crippen molar-refractivity contribution < 1.29 is 9.53 Å². The number of hydrogen-bond acceptors (Lipinski definition) is 3. The number of halogens is 1. The van der Waals surface area contributed by atoms with Gasteiger partial charge in [-0.05, 0) is 25.1 Å². The highest BCUT2D eigenvalue weighted by Gasteiger charge is 2.13. The van der Waals surface area contributed by atoms with Gasteiger partial charge in [0.15, 0.2) is 0 Å². The Morgan fingerprint density at radius 1 is 1.62 bits per heavy atom. The molecule has 1 atom stereocenters. The Morgan fingerprint density at radius 3 is 2.94 bits per heavy atom. The lowest BCUT2D eigenvalue weighted by Crippen LogP contribution is -2.35. The second-order valence-electron chi connectivity index (χ2n) is 3.49. The molecule has 16 heavy (non-hydrogen) atoms. The number of amides is 1. The summed E-state index contributed by atoms with van der Waals surface area (Å²) in [5.74, 6) is -0.217. The Kier molecular flexibility index (Phi) is 5.12. The van der Waals surface area contributed by atoms with Gasteiger partial charge < -0.3 is 10.1 Å². The normalized spacial score (nSPS) is 12.2. The number of nitrogens with one attached hydrogen (secondary N) is 1. The van der Waals surface area contributed by atoms with Crippen molar-refractivity contribution in [2.24, 2.45) is 0 Å². The van der Waals surface area contributed by atoms with Gasteiger partial charge in [0.2, 0.25) is 0 Å². The standard InChI is InChI=1S/C11H14ClNO2S/c1-7(6-15-2)13-11(14)9-5-8(16)3-4-10(9)12/h3-5,7,16H,6H2,1-2H3,(H,13,14). The van der Waals surface area contributed by atoms with E-state index in [-0.39, 0.29) is 11.9 Å². The highest BCUT2D eigenvalue weighted by atomic mass is 35.5. The molecule has 0 aliphatic heterocycles. The van der Waals surface area contributed by atoms with E-state index in [0.29, 0.717) is 22.1 Å². The molecular weight excluding hydrogens is 246 g/mol. The molecule has 5 heteroatoms. The second kappa shape index (κ2) is 6.13. The first-order valence-corrected chi connectivity index (χ1v) is 5.65. The third-order valence-corrected chi connectivity index (χ3v) is 2.60. The van der Waals surface area contributed by atoms with Crippen LogP contribution in [0.15, 0.2) is 23.1 Å². The lowest BCUT2D eigenvalue weighted by Gasteiger charge is -2.13. The maximum atomic E-state index is 11.8. The van der Waals surface area contributed by atoms with Crippen LogP contribution in [-0.4, -0.2) is 25.7 Å². The van der Waals surface area contributed by atoms with Crippen molar-refractivity contribution in [1.82, 2.24) is 5.32 Å². The molecule has 0 saturated carbocycles. The van der Waals surface area contributed by atoms with Gasteiger partial charge in [0, 0.05) is 18.0 Å². The third kappa shape index (κ3) is 3.70. The van der Waals surface area contributed by atoms with Gasteiger partial charge in [-0.2, -0.15) is 0 Å². The Balaban J connectivity index is 2.76. The van der Waals surface area contributed by atoms with Gasteiger partial charge in [0.1, 0.15) is 0 Å². The summed E-state index contributed by atoms with van der Waals surface area (Å²) in [7, 11) is 1.59. The fourth-order valence-corrected chi connectivity index (χ4v) is 1.69. The molecule has 0 aromatic heterocycles. The summed E-state index contributed by atoms with van der Waals surface area (Å²) in [6.45, 7) is 2.32. The summed E-state index contributed by atoms with van der Waals surface area (Å²) < 4.78 is 4.93. The van der Waals surface area contributed by atoms with Crippen LogP contribution in [-0.2, 0) is 4.74 Å². The van der Waals surface area contributed by atoms with Crippen molar-refractivity contribution in [3.05, 3.63) is 28.8 Å². The van der Waals surface area contributed by atoms with Crippen molar-refractivity contribution >= 4 is 30.1 Å². The largest absolute Gasteiger partial charge is 0.383 e. The van der Waals surface area contributed by atoms with Gasteiger partial charge in [-0.25, -0.2) is 0 Å². The fraction of sp³-hybridized carbons (Fsp3) is 0.364. The smallest absolute Gasteiger partial charge is 0.253 e. The Bertz CT molecular complexity index is 384. The van der Waals surface area contributed by atoms with Crippen LogP contribution in [0.2, 0.25) is 5.02 Å². The third-order valence-electron chi connectivity index (χ3n) is 1.99. The van der Waals surface area contributed by atoms with E-state index in [4.69, 9.17) is 16.3 Å². The average molecular weight is 260 g/mol. The summed E-state index contributed by atoms with van der Waals surface area (Å²) in [5.41, 5.74) is 0.428. The molecule has 0 radical (unpaired) electrons. The minimum Gasteiger partial charge on any atom is -0.383 e. The van der Waals surface area contributed by atoms with E-state index in [9.17, 15) is 4.79 Å². The molecule has 1 unspecified atom stereocenters. The van der Waals surface area contributed by atoms with Gasteiger partial charge in [-0.3, -0.25) is 4.79 Å². The van der Waals surface area contributed by atoms with Crippen LogP contribution in [0.3, 0.4) is 0 Å². The lowest BCUT2D eigenvalue weighted by atomic mass is 10.2. The first-order valence-electron chi connectivity index (χ1n) is 4.83. The van der Waals surface area contributed by atoms with Crippen molar-refractivity contribution in [2.75, 3.05) is 13.7 Å². The number of carbonyl (C=O) groups excluding carboxylic acids is 1. The van der Waals surface area contributed by atoms with E-state index >= 15 is 0 Å². The zero-order chi connectivity index (χ0) is 12.1. The number of ether oxygens (including phenoxy) is 1. The van der Waals surface area contributed by atoms with Gasteiger partial charge in [-0.1, -0.05) is 11.6 Å². The summed E-state index contributed by atoms with van der Waals surface area (Å²) >= 11 is 10.1. The number of thiol groups is 1. The number of benzene rings is 1. The van der Waals surface area contributed by atoms with E-state index in [0.717, 1.165) is 0 Å². The highest BCUT2D eigenvalue weighted by Crippen LogP contribution is 2.19. The van der Waals surface area contributed by atoms with Gasteiger partial charge >= 0.3 is 0 Å². The molecule has 0 aliphatic carbocycles. The van der Waals surface area contributed by atoms with Crippen LogP contribution in [0.5, 0.6) is 0 Å². The van der Waals surface area contributed by atoms with E-state index in [2.05, 4.69) is 17.9 Å². The van der Waals surface area contributed by atoms with Gasteiger partial charge in [0.25, 0.3) is 5.91 Å². The highest BCUT2D eigenvalue weighted by molar-refractivity contribution is 7.80. The number of carbonyl (C=O) groups is 1. The molecule has 0 fully saturated rings. The van der Waals surface area contributed by atoms with Crippen LogP contribution in [0.25, 0.3) is 0 Å². The van der Waals surface area contributed by atoms with Crippen molar-refractivity contribution in [3.63, 3.8) is 0 Å². The Labute approximate surface area is 106 Å². The zero-order valence-electron chi connectivity index (χ0n) is 9.16. The minimum atomic E-state index is -0.217. The summed E-state index contributed by atoms with van der Waals surface area (Å²) in [6, 6.07) is 4.97. The molecular formula is C11H14ClNO2S. The van der Waals surface area contributed by atoms with Crippen LogP contribution in [0.4, 0.5) is 0 Å². The van der Waals surface area contributed by atoms with Gasteiger partial charge in [0.05, 0.1) is 17.2 Å². The maximum Gasteiger partial charge on any atom is 0.253 e. The zero-order valence-corrected chi connectivity index (χ0v) is 10.8. The predicted molar refractivity (Wildman–Crippen MR) is 67.5 cm³/mol. The molecule has 1 rings (SSSR count). The Hall–Kier alpha value is -0.710. The van der Waals surface area contributed by atoms with Crippen LogP contribution < -0.4 is 5.32 Å². The minimum absolute atomic E-state index is 0.0582. The molecule has 0 heterocycles. The first-order chi connectivity index (χ1) is 7.54. The topological polar surface area (TPSA) is 38.3 Å². The SMILES string of the molecule is COCC(C)NC(=O)c1cc(S)ccc1Cl. The molecule has 1 N–H and O–H groups in total. The van der Waals surface area contributed by atoms with Crippen LogP contribution in [0, 0.1) is 0 Å². The molecule has 0 saturated heterocycles. The number of hydrogen-bond donors (Lipinski definition) is 2. The van der Waals surface area contributed by atoms with Crippen LogP contribution in [0.1, 0.15) is 17.3 Å². The number of methoxy groups -OCH3 is 1. The van der Waals surface area contributed by atoms with E-state index < -0.39 is 0 Å². The van der Waals surface area contributed by atoms with E-state index in [1.54, 1.807) is 25.3 Å². The molecule has 1 amide bonds. The summed E-state index contributed by atoms with van der Waals surface area (Å²) in [5, 5.41) is 3.20. The van der Waals surface area contributed by atoms with E-state index in [1.165, 1.54) is 0 Å². The van der Waals surface area contributed by atoms with Crippen molar-refractivity contribution in [3.8, 4) is 0 Å². The monoisotopic (exact) mass is 259 g/mol. The molecule has 1 aromatic rings. The molecule has 3 nitrogen and oxygen atoms in total. The summed E-state index contributed by atoms with van der Waals surface area (Å²) in [6.07, 6.45) is 0. The van der Waals surface area contributed by atoms with E-state index in [1.807, 2.05) is 6.92 Å². The van der Waals surface area contributed by atoms with Crippen molar-refractivity contribution in [1.29, 1.82) is 0 Å². The molecule has 88 valence electrons. The Morgan fingerprint density at radius 2 is 2.31 bits per heavy atom. The molecule has 0 spiro atoms. The molecule has 0 bridgehead atoms. The first kappa shape index (κ1) is 13.4. The summed E-state index contributed by atoms with van der Waals surface area (Å²) in [4.78, 5) is 12.5. The number of rotatable bonds is 4. The maximum absolute atomic E-state index is 11.8. The average Bonchev–Trinajstić information content (AvgIpc) is 2.21. The molecule has 1 aromatic carbocycles. The fourth-order valence-electron chi connectivity index (χ4n) is 1.28. The molecule has 0 aliphatic rings.